The highest BCUT2D eigenvalue weighted by Crippen LogP contribution is 2.42. The fourth-order valence-corrected chi connectivity index (χ4v) is 2.62. The molecule has 1 heterocycles. The van der Waals surface area contributed by atoms with Crippen LogP contribution in [0.25, 0.3) is 0 Å². The number of aromatic nitrogens is 2. The Labute approximate surface area is 151 Å². The minimum atomic E-state index is -4.60. The summed E-state index contributed by atoms with van der Waals surface area (Å²) in [6, 6.07) is 4.65. The molecule has 1 N–H and O–H groups in total. The zero-order valence-electron chi connectivity index (χ0n) is 14.1. The van der Waals surface area contributed by atoms with Crippen LogP contribution in [0.1, 0.15) is 30.1 Å². The van der Waals surface area contributed by atoms with E-state index < -0.39 is 29.2 Å². The highest BCUT2D eigenvalue weighted by atomic mass is 19.4. The molecule has 1 aliphatic rings. The molecule has 1 amide bonds. The van der Waals surface area contributed by atoms with Crippen LogP contribution in [-0.4, -0.2) is 27.7 Å². The van der Waals surface area contributed by atoms with Gasteiger partial charge in [0, 0.05) is 23.7 Å². The van der Waals surface area contributed by atoms with Gasteiger partial charge < -0.3 is 10.1 Å². The molecule has 3 rings (SSSR count). The number of methoxy groups -OCH3 is 1. The summed E-state index contributed by atoms with van der Waals surface area (Å²) in [4.78, 5) is 22.5. The average molecular weight is 384 g/mol. The second-order valence-corrected chi connectivity index (χ2v) is 6.11. The first-order chi connectivity index (χ1) is 12.7. The smallest absolute Gasteiger partial charge is 0.435 e. The number of alkyl halides is 3. The van der Waals surface area contributed by atoms with Gasteiger partial charge in [-0.25, -0.2) is 0 Å². The third-order valence-corrected chi connectivity index (χ3v) is 4.01. The number of nitro benzene ring substituents is 1. The first-order valence-corrected chi connectivity index (χ1v) is 7.95. The monoisotopic (exact) mass is 384 g/mol. The van der Waals surface area contributed by atoms with Gasteiger partial charge in [-0.15, -0.1) is 0 Å². The Morgan fingerprint density at radius 2 is 2.07 bits per heavy atom. The summed E-state index contributed by atoms with van der Waals surface area (Å²) in [6.07, 6.45) is -3.11. The number of rotatable bonds is 6. The second-order valence-electron chi connectivity index (χ2n) is 6.11. The van der Waals surface area contributed by atoms with Gasteiger partial charge in [0.25, 0.3) is 5.69 Å². The van der Waals surface area contributed by atoms with Crippen molar-refractivity contribution in [1.29, 1.82) is 0 Å². The zero-order valence-corrected chi connectivity index (χ0v) is 14.1. The van der Waals surface area contributed by atoms with Crippen LogP contribution in [0.4, 0.5) is 24.5 Å². The van der Waals surface area contributed by atoms with E-state index in [2.05, 4.69) is 10.4 Å². The molecule has 1 saturated carbocycles. The first-order valence-electron chi connectivity index (χ1n) is 7.95. The van der Waals surface area contributed by atoms with Crippen molar-refractivity contribution in [3.05, 3.63) is 45.8 Å². The molecule has 0 spiro atoms. The third-order valence-electron chi connectivity index (χ3n) is 4.01. The summed E-state index contributed by atoms with van der Waals surface area (Å²) in [5.74, 6) is -0.535. The summed E-state index contributed by atoms with van der Waals surface area (Å²) in [5, 5.41) is 16.9. The Hall–Kier alpha value is -3.11. The lowest BCUT2D eigenvalue weighted by Gasteiger charge is -2.09. The first kappa shape index (κ1) is 18.7. The van der Waals surface area contributed by atoms with Crippen molar-refractivity contribution in [1.82, 2.24) is 9.78 Å². The Kier molecular flexibility index (Phi) is 4.77. The molecule has 1 aliphatic carbocycles. The lowest BCUT2D eigenvalue weighted by atomic mass is 10.2. The molecule has 0 unspecified atom stereocenters. The van der Waals surface area contributed by atoms with Gasteiger partial charge in [-0.05, 0) is 18.9 Å². The number of ether oxygens (including phenoxy) is 1. The molecule has 0 aliphatic heterocycles. The summed E-state index contributed by atoms with van der Waals surface area (Å²) in [6.45, 7) is -0.438. The minimum absolute atomic E-state index is 0.0423. The molecule has 1 aromatic heterocycles. The molecule has 144 valence electrons. The number of hydrogen-bond acceptors (Lipinski definition) is 5. The molecule has 0 saturated heterocycles. The van der Waals surface area contributed by atoms with Gasteiger partial charge >= 0.3 is 6.18 Å². The SMILES string of the molecule is COc1cc(NC(=O)Cn2nc(C(F)(F)F)cc2C2CC2)cc([N+](=O)[O-])c1. The Balaban J connectivity index is 1.79. The van der Waals surface area contributed by atoms with Crippen molar-refractivity contribution >= 4 is 17.3 Å². The molecule has 0 bridgehead atoms. The molecular formula is C16H15F3N4O4. The fraction of sp³-hybridized carbons (Fsp3) is 0.375. The zero-order chi connectivity index (χ0) is 19.8. The Morgan fingerprint density at radius 1 is 1.37 bits per heavy atom. The van der Waals surface area contributed by atoms with E-state index in [0.717, 1.165) is 29.7 Å². The Morgan fingerprint density at radius 3 is 2.63 bits per heavy atom. The van der Waals surface area contributed by atoms with Gasteiger partial charge in [0.1, 0.15) is 12.3 Å². The third kappa shape index (κ3) is 4.36. The van der Waals surface area contributed by atoms with E-state index in [4.69, 9.17) is 4.74 Å². The highest BCUT2D eigenvalue weighted by Gasteiger charge is 2.38. The van der Waals surface area contributed by atoms with Crippen molar-refractivity contribution in [2.75, 3.05) is 12.4 Å². The number of benzene rings is 1. The van der Waals surface area contributed by atoms with Crippen LogP contribution in [0.5, 0.6) is 5.75 Å². The lowest BCUT2D eigenvalue weighted by molar-refractivity contribution is -0.384. The van der Waals surface area contributed by atoms with Gasteiger partial charge in [-0.1, -0.05) is 0 Å². The molecule has 2 aromatic rings. The van der Waals surface area contributed by atoms with Gasteiger partial charge in [0.05, 0.1) is 23.8 Å². The molecule has 0 atom stereocenters. The summed E-state index contributed by atoms with van der Waals surface area (Å²) >= 11 is 0. The number of nitrogens with zero attached hydrogens (tertiary/aromatic N) is 3. The summed E-state index contributed by atoms with van der Waals surface area (Å²) in [5.41, 5.74) is -0.882. The standard InChI is InChI=1S/C16H15F3N4O4/c1-27-12-5-10(4-11(6-12)23(25)26)20-15(24)8-22-13(9-2-3-9)7-14(21-22)16(17,18)19/h4-7,9H,2-3,8H2,1H3,(H,20,24). The van der Waals surface area contributed by atoms with Crippen LogP contribution in [0.15, 0.2) is 24.3 Å². The van der Waals surface area contributed by atoms with Crippen LogP contribution in [0.2, 0.25) is 0 Å². The predicted molar refractivity (Wildman–Crippen MR) is 87.5 cm³/mol. The van der Waals surface area contributed by atoms with Crippen LogP contribution in [0.3, 0.4) is 0 Å². The number of non-ortho nitro benzene ring substituents is 1. The Bertz CT molecular complexity index is 890. The van der Waals surface area contributed by atoms with Crippen molar-refractivity contribution in [2.45, 2.75) is 31.5 Å². The number of halogens is 3. The summed E-state index contributed by atoms with van der Waals surface area (Å²) < 4.78 is 44.7. The molecule has 27 heavy (non-hydrogen) atoms. The van der Waals surface area contributed by atoms with E-state index in [1.807, 2.05) is 0 Å². The maximum absolute atomic E-state index is 12.9. The second kappa shape index (κ2) is 6.89. The topological polar surface area (TPSA) is 99.3 Å². The molecule has 0 radical (unpaired) electrons. The minimum Gasteiger partial charge on any atom is -0.496 e. The number of nitro groups is 1. The van der Waals surface area contributed by atoms with Crippen molar-refractivity contribution in [3.8, 4) is 5.75 Å². The van der Waals surface area contributed by atoms with E-state index in [-0.39, 0.29) is 23.0 Å². The van der Waals surface area contributed by atoms with Crippen LogP contribution < -0.4 is 10.1 Å². The highest BCUT2D eigenvalue weighted by molar-refractivity contribution is 5.91. The van der Waals surface area contributed by atoms with E-state index >= 15 is 0 Å². The maximum atomic E-state index is 12.9. The molecule has 1 fully saturated rings. The van der Waals surface area contributed by atoms with E-state index in [9.17, 15) is 28.1 Å². The average Bonchev–Trinajstić information content (AvgIpc) is 3.33. The molecule has 8 nitrogen and oxygen atoms in total. The van der Waals surface area contributed by atoms with Gasteiger partial charge in [-0.3, -0.25) is 19.6 Å². The van der Waals surface area contributed by atoms with Crippen LogP contribution >= 0.6 is 0 Å². The van der Waals surface area contributed by atoms with Crippen LogP contribution in [-0.2, 0) is 17.5 Å². The van der Waals surface area contributed by atoms with Crippen molar-refractivity contribution in [2.24, 2.45) is 0 Å². The largest absolute Gasteiger partial charge is 0.496 e. The lowest BCUT2D eigenvalue weighted by Crippen LogP contribution is -2.21. The number of carbonyl (C=O) groups is 1. The normalized spacial score (nSPS) is 14.1. The number of amides is 1. The number of hydrogen-bond donors (Lipinski definition) is 1. The van der Waals surface area contributed by atoms with Gasteiger partial charge in [0.2, 0.25) is 5.91 Å². The molecular weight excluding hydrogens is 369 g/mol. The number of carbonyl (C=O) groups excluding carboxylic acids is 1. The number of anilines is 1. The number of nitrogens with one attached hydrogen (secondary N) is 1. The molecule has 11 heteroatoms. The predicted octanol–water partition coefficient (Wildman–Crippen LogP) is 3.33. The maximum Gasteiger partial charge on any atom is 0.435 e. The molecule has 1 aromatic carbocycles. The van der Waals surface area contributed by atoms with Crippen molar-refractivity contribution in [3.63, 3.8) is 0 Å². The van der Waals surface area contributed by atoms with Crippen LogP contribution in [0, 0.1) is 10.1 Å². The van der Waals surface area contributed by atoms with Gasteiger partial charge in [-0.2, -0.15) is 18.3 Å². The van der Waals surface area contributed by atoms with Gasteiger partial charge in [0.15, 0.2) is 5.69 Å². The van der Waals surface area contributed by atoms with E-state index in [1.54, 1.807) is 0 Å². The van der Waals surface area contributed by atoms with E-state index in [0.29, 0.717) is 5.69 Å². The fourth-order valence-electron chi connectivity index (χ4n) is 2.62. The van der Waals surface area contributed by atoms with Crippen molar-refractivity contribution < 1.29 is 27.6 Å². The van der Waals surface area contributed by atoms with E-state index in [1.165, 1.54) is 19.2 Å². The summed E-state index contributed by atoms with van der Waals surface area (Å²) in [7, 11) is 1.31. The quantitative estimate of drug-likeness (QED) is 0.608.